The summed E-state index contributed by atoms with van der Waals surface area (Å²) in [7, 11) is 0. The number of nitrogens with zero attached hydrogens (tertiary/aromatic N) is 1. The van der Waals surface area contributed by atoms with Gasteiger partial charge in [0.25, 0.3) is 0 Å². The molecule has 0 amide bonds. The number of aliphatic carboxylic acids is 1. The second kappa shape index (κ2) is 5.72. The summed E-state index contributed by atoms with van der Waals surface area (Å²) in [4.78, 5) is 13.2. The molecule has 2 atom stereocenters. The van der Waals surface area contributed by atoms with E-state index in [0.29, 0.717) is 12.3 Å². The first-order valence-corrected chi connectivity index (χ1v) is 6.72. The molecule has 18 heavy (non-hydrogen) atoms. The summed E-state index contributed by atoms with van der Waals surface area (Å²) in [5.41, 5.74) is 1.25. The van der Waals surface area contributed by atoms with E-state index in [9.17, 15) is 4.79 Å². The molecule has 1 saturated heterocycles. The standard InChI is InChI=1S/C14H18ClNO2/c1-2-13(14(17)18)16-8-7-11(9-16)10-3-5-12(15)6-4-10/h3-6,11,13H,2,7-9H2,1H3,(H,17,18)/t11-,13+/m0/s1. The quantitative estimate of drug-likeness (QED) is 0.912. The van der Waals surface area contributed by atoms with Gasteiger partial charge in [-0.3, -0.25) is 9.69 Å². The third kappa shape index (κ3) is 2.85. The maximum absolute atomic E-state index is 11.1. The number of halogens is 1. The van der Waals surface area contributed by atoms with Crippen LogP contribution >= 0.6 is 11.6 Å². The van der Waals surface area contributed by atoms with E-state index in [-0.39, 0.29) is 6.04 Å². The Bertz CT molecular complexity index is 418. The summed E-state index contributed by atoms with van der Waals surface area (Å²) in [6, 6.07) is 7.53. The Hall–Kier alpha value is -1.06. The highest BCUT2D eigenvalue weighted by molar-refractivity contribution is 6.30. The first-order chi connectivity index (χ1) is 8.61. The molecular formula is C14H18ClNO2. The van der Waals surface area contributed by atoms with Crippen LogP contribution in [0.5, 0.6) is 0 Å². The van der Waals surface area contributed by atoms with Crippen molar-refractivity contribution in [3.8, 4) is 0 Å². The van der Waals surface area contributed by atoms with E-state index in [2.05, 4.69) is 4.90 Å². The molecule has 0 radical (unpaired) electrons. The van der Waals surface area contributed by atoms with Crippen LogP contribution in [0.4, 0.5) is 0 Å². The van der Waals surface area contributed by atoms with Gasteiger partial charge in [-0.1, -0.05) is 30.7 Å². The number of benzene rings is 1. The molecule has 1 aliphatic rings. The molecule has 0 aliphatic carbocycles. The van der Waals surface area contributed by atoms with Crippen LogP contribution in [0.2, 0.25) is 5.02 Å². The molecule has 98 valence electrons. The number of rotatable bonds is 4. The van der Waals surface area contributed by atoms with Crippen molar-refractivity contribution in [3.63, 3.8) is 0 Å². The van der Waals surface area contributed by atoms with E-state index in [1.807, 2.05) is 31.2 Å². The molecule has 2 rings (SSSR count). The van der Waals surface area contributed by atoms with Crippen LogP contribution in [0.1, 0.15) is 31.2 Å². The normalized spacial score (nSPS) is 22.0. The molecule has 1 N–H and O–H groups in total. The van der Waals surface area contributed by atoms with E-state index < -0.39 is 5.97 Å². The number of hydrogen-bond acceptors (Lipinski definition) is 2. The van der Waals surface area contributed by atoms with Gasteiger partial charge in [-0.2, -0.15) is 0 Å². The average Bonchev–Trinajstić information content (AvgIpc) is 2.80. The Morgan fingerprint density at radius 1 is 1.50 bits per heavy atom. The van der Waals surface area contributed by atoms with Crippen LogP contribution in [0, 0.1) is 0 Å². The van der Waals surface area contributed by atoms with Gasteiger partial charge in [0.15, 0.2) is 0 Å². The van der Waals surface area contributed by atoms with Crippen molar-refractivity contribution in [2.75, 3.05) is 13.1 Å². The molecule has 0 saturated carbocycles. The lowest BCUT2D eigenvalue weighted by Gasteiger charge is -2.23. The van der Waals surface area contributed by atoms with Crippen molar-refractivity contribution in [2.45, 2.75) is 31.7 Å². The lowest BCUT2D eigenvalue weighted by molar-refractivity contribution is -0.143. The fourth-order valence-electron chi connectivity index (χ4n) is 2.67. The molecule has 1 fully saturated rings. The van der Waals surface area contributed by atoms with Crippen LogP contribution in [-0.2, 0) is 4.79 Å². The van der Waals surface area contributed by atoms with Crippen molar-refractivity contribution in [1.82, 2.24) is 4.90 Å². The van der Waals surface area contributed by atoms with Gasteiger partial charge in [0.1, 0.15) is 6.04 Å². The number of carboxylic acid groups (broad SMARTS) is 1. The van der Waals surface area contributed by atoms with E-state index in [1.165, 1.54) is 5.56 Å². The first kappa shape index (κ1) is 13.4. The van der Waals surface area contributed by atoms with Crippen LogP contribution in [-0.4, -0.2) is 35.1 Å². The van der Waals surface area contributed by atoms with Gasteiger partial charge in [0.05, 0.1) is 0 Å². The summed E-state index contributed by atoms with van der Waals surface area (Å²) >= 11 is 5.87. The maximum atomic E-state index is 11.1. The Kier molecular flexibility index (Phi) is 4.25. The van der Waals surface area contributed by atoms with Crippen LogP contribution < -0.4 is 0 Å². The second-order valence-electron chi connectivity index (χ2n) is 4.79. The molecule has 4 heteroatoms. The lowest BCUT2D eigenvalue weighted by Crippen LogP contribution is -2.39. The zero-order valence-electron chi connectivity index (χ0n) is 10.5. The van der Waals surface area contributed by atoms with Gasteiger partial charge in [-0.05, 0) is 43.0 Å². The fourth-order valence-corrected chi connectivity index (χ4v) is 2.79. The molecule has 1 aliphatic heterocycles. The zero-order valence-corrected chi connectivity index (χ0v) is 11.2. The first-order valence-electron chi connectivity index (χ1n) is 6.34. The van der Waals surface area contributed by atoms with Crippen molar-refractivity contribution < 1.29 is 9.90 Å². The minimum atomic E-state index is -0.714. The third-order valence-corrected chi connectivity index (χ3v) is 3.93. The monoisotopic (exact) mass is 267 g/mol. The van der Waals surface area contributed by atoms with Crippen LogP contribution in [0.15, 0.2) is 24.3 Å². The SMILES string of the molecule is CC[C@H](C(=O)O)N1CC[C@H](c2ccc(Cl)cc2)C1. The molecule has 1 aromatic rings. The predicted octanol–water partition coefficient (Wildman–Crippen LogP) is 2.99. The molecule has 1 heterocycles. The summed E-state index contributed by atoms with van der Waals surface area (Å²) in [6.45, 7) is 3.61. The highest BCUT2D eigenvalue weighted by atomic mass is 35.5. The van der Waals surface area contributed by atoms with Gasteiger partial charge in [-0.25, -0.2) is 0 Å². The third-order valence-electron chi connectivity index (χ3n) is 3.67. The summed E-state index contributed by atoms with van der Waals surface area (Å²) in [6.07, 6.45) is 1.67. The minimum Gasteiger partial charge on any atom is -0.480 e. The van der Waals surface area contributed by atoms with E-state index in [1.54, 1.807) is 0 Å². The molecule has 1 aromatic carbocycles. The number of likely N-dealkylation sites (tertiary alicyclic amines) is 1. The summed E-state index contributed by atoms with van der Waals surface area (Å²) < 4.78 is 0. The average molecular weight is 268 g/mol. The molecule has 0 unspecified atom stereocenters. The van der Waals surface area contributed by atoms with Gasteiger partial charge in [0.2, 0.25) is 0 Å². The Morgan fingerprint density at radius 2 is 2.17 bits per heavy atom. The minimum absolute atomic E-state index is 0.345. The zero-order chi connectivity index (χ0) is 13.1. The number of carbonyl (C=O) groups is 1. The predicted molar refractivity (Wildman–Crippen MR) is 72.1 cm³/mol. The Labute approximate surface area is 112 Å². The maximum Gasteiger partial charge on any atom is 0.320 e. The second-order valence-corrected chi connectivity index (χ2v) is 5.23. The summed E-state index contributed by atoms with van der Waals surface area (Å²) in [5.74, 6) is -0.287. The number of carboxylic acids is 1. The van der Waals surface area contributed by atoms with Crippen molar-refractivity contribution in [1.29, 1.82) is 0 Å². The largest absolute Gasteiger partial charge is 0.480 e. The molecule has 3 nitrogen and oxygen atoms in total. The molecule has 0 spiro atoms. The lowest BCUT2D eigenvalue weighted by atomic mass is 9.99. The van der Waals surface area contributed by atoms with E-state index in [4.69, 9.17) is 16.7 Å². The Balaban J connectivity index is 2.04. The topological polar surface area (TPSA) is 40.5 Å². The van der Waals surface area contributed by atoms with E-state index in [0.717, 1.165) is 24.5 Å². The van der Waals surface area contributed by atoms with Crippen LogP contribution in [0.25, 0.3) is 0 Å². The van der Waals surface area contributed by atoms with Gasteiger partial charge < -0.3 is 5.11 Å². The summed E-state index contributed by atoms with van der Waals surface area (Å²) in [5, 5.41) is 9.91. The van der Waals surface area contributed by atoms with Crippen LogP contribution in [0.3, 0.4) is 0 Å². The molecular weight excluding hydrogens is 250 g/mol. The van der Waals surface area contributed by atoms with Gasteiger partial charge >= 0.3 is 5.97 Å². The Morgan fingerprint density at radius 3 is 2.72 bits per heavy atom. The van der Waals surface area contributed by atoms with Gasteiger partial charge in [-0.15, -0.1) is 0 Å². The van der Waals surface area contributed by atoms with E-state index >= 15 is 0 Å². The molecule has 0 aromatic heterocycles. The highest BCUT2D eigenvalue weighted by Crippen LogP contribution is 2.29. The smallest absolute Gasteiger partial charge is 0.320 e. The van der Waals surface area contributed by atoms with Gasteiger partial charge in [0, 0.05) is 11.6 Å². The fraction of sp³-hybridized carbons (Fsp3) is 0.500. The number of hydrogen-bond donors (Lipinski definition) is 1. The molecule has 0 bridgehead atoms. The van der Waals surface area contributed by atoms with Crippen molar-refractivity contribution >= 4 is 17.6 Å². The van der Waals surface area contributed by atoms with Crippen molar-refractivity contribution in [3.05, 3.63) is 34.9 Å². The van der Waals surface area contributed by atoms with Crippen molar-refractivity contribution in [2.24, 2.45) is 0 Å². The highest BCUT2D eigenvalue weighted by Gasteiger charge is 2.31.